The molecule has 1 aliphatic heterocycles. The minimum Gasteiger partial charge on any atom is -0.445 e. The van der Waals surface area contributed by atoms with Crippen LogP contribution in [0.25, 0.3) is 23.0 Å². The van der Waals surface area contributed by atoms with Crippen molar-refractivity contribution >= 4 is 35.4 Å². The molecule has 3 N–H and O–H groups in total. The van der Waals surface area contributed by atoms with E-state index in [-0.39, 0.29) is 12.5 Å². The van der Waals surface area contributed by atoms with Crippen LogP contribution >= 0.6 is 11.6 Å². The van der Waals surface area contributed by atoms with Gasteiger partial charge in [-0.2, -0.15) is 4.68 Å². The van der Waals surface area contributed by atoms with E-state index in [1.807, 2.05) is 24.3 Å². The van der Waals surface area contributed by atoms with Crippen LogP contribution in [-0.4, -0.2) is 48.8 Å². The SMILES string of the molecule is O=C(/C=C/c1cc(Cl)ccc1-n1cnnn1)N[C@H]1CC/C=C/COC(=O)Nc2ccccc2-c2c[nH]c1n2. The van der Waals surface area contributed by atoms with Crippen LogP contribution in [0.3, 0.4) is 0 Å². The van der Waals surface area contributed by atoms with Gasteiger partial charge in [0.25, 0.3) is 0 Å². The lowest BCUT2D eigenvalue weighted by molar-refractivity contribution is -0.117. The highest BCUT2D eigenvalue weighted by Crippen LogP contribution is 2.28. The number of imidazole rings is 1. The number of aromatic nitrogens is 6. The van der Waals surface area contributed by atoms with E-state index in [2.05, 4.69) is 31.1 Å². The molecule has 0 unspecified atom stereocenters. The molecule has 0 fully saturated rings. The van der Waals surface area contributed by atoms with Gasteiger partial charge in [-0.3, -0.25) is 10.1 Å². The van der Waals surface area contributed by atoms with Gasteiger partial charge in [-0.25, -0.2) is 9.78 Å². The number of tetrazole rings is 1. The van der Waals surface area contributed by atoms with Gasteiger partial charge in [-0.05, 0) is 53.6 Å². The van der Waals surface area contributed by atoms with Crippen LogP contribution in [0.2, 0.25) is 5.02 Å². The number of allylic oxidation sites excluding steroid dienone is 1. The van der Waals surface area contributed by atoms with Gasteiger partial charge in [0.05, 0.1) is 23.1 Å². The van der Waals surface area contributed by atoms with Crippen molar-refractivity contribution in [1.82, 2.24) is 35.5 Å². The lowest BCUT2D eigenvalue weighted by Gasteiger charge is -2.15. The summed E-state index contributed by atoms with van der Waals surface area (Å²) in [4.78, 5) is 33.0. The Balaban J connectivity index is 1.39. The van der Waals surface area contributed by atoms with Crippen molar-refractivity contribution in [1.29, 1.82) is 0 Å². The molecule has 2 aromatic heterocycles. The van der Waals surface area contributed by atoms with Crippen molar-refractivity contribution in [2.45, 2.75) is 18.9 Å². The molecule has 192 valence electrons. The lowest BCUT2D eigenvalue weighted by Crippen LogP contribution is -2.27. The average Bonchev–Trinajstić information content (AvgIpc) is 3.62. The summed E-state index contributed by atoms with van der Waals surface area (Å²) < 4.78 is 6.72. The minimum absolute atomic E-state index is 0.138. The molecule has 2 bridgehead atoms. The van der Waals surface area contributed by atoms with Crippen LogP contribution in [0.4, 0.5) is 10.5 Å². The number of hydrogen-bond donors (Lipinski definition) is 3. The van der Waals surface area contributed by atoms with Crippen molar-refractivity contribution < 1.29 is 14.3 Å². The lowest BCUT2D eigenvalue weighted by atomic mass is 10.1. The van der Waals surface area contributed by atoms with Gasteiger partial charge >= 0.3 is 6.09 Å². The first-order valence-corrected chi connectivity index (χ1v) is 12.2. The smallest absolute Gasteiger partial charge is 0.411 e. The predicted molar refractivity (Wildman–Crippen MR) is 141 cm³/mol. The zero-order valence-electron chi connectivity index (χ0n) is 20.0. The first kappa shape index (κ1) is 24.9. The number of benzene rings is 2. The van der Waals surface area contributed by atoms with Gasteiger partial charge in [0, 0.05) is 28.4 Å². The van der Waals surface area contributed by atoms with Crippen molar-refractivity contribution in [3.8, 4) is 16.9 Å². The van der Waals surface area contributed by atoms with Crippen LogP contribution in [0.5, 0.6) is 0 Å². The molecule has 11 nitrogen and oxygen atoms in total. The fourth-order valence-electron chi connectivity index (χ4n) is 3.99. The van der Waals surface area contributed by atoms with Gasteiger partial charge < -0.3 is 15.0 Å². The standard InChI is InChI=1S/C26H23ClN8O3/c27-18-10-11-23(35-16-29-33-34-35)17(14-18)9-12-24(36)30-21-8-2-1-5-13-38-26(37)32-20-7-4-3-6-19(20)22-15-28-25(21)31-22/h1,3-7,9-12,14-16,21H,2,8,13H2,(H,28,31)(H,30,36)(H,32,37)/b5-1+,12-9+/t21-/m0/s1. The highest BCUT2D eigenvalue weighted by Gasteiger charge is 2.19. The number of cyclic esters (lactones) is 1. The molecule has 12 heteroatoms. The second-order valence-corrected chi connectivity index (χ2v) is 8.78. The zero-order chi connectivity index (χ0) is 26.3. The summed E-state index contributed by atoms with van der Waals surface area (Å²) in [6, 6.07) is 12.1. The molecule has 1 atom stereocenters. The van der Waals surface area contributed by atoms with Crippen molar-refractivity contribution in [2.24, 2.45) is 0 Å². The van der Waals surface area contributed by atoms with Crippen molar-refractivity contribution in [2.75, 3.05) is 11.9 Å². The molecule has 0 radical (unpaired) electrons. The number of hydrogen-bond acceptors (Lipinski definition) is 7. The van der Waals surface area contributed by atoms with Crippen LogP contribution in [0.15, 0.2) is 73.2 Å². The summed E-state index contributed by atoms with van der Waals surface area (Å²) in [6.45, 7) is 0.138. The number of rotatable bonds is 4. The molecule has 0 saturated heterocycles. The molecule has 4 aromatic rings. The number of fused-ring (bicyclic) bond motifs is 4. The normalized spacial score (nSPS) is 16.7. The Labute approximate surface area is 222 Å². The fourth-order valence-corrected chi connectivity index (χ4v) is 4.17. The van der Waals surface area contributed by atoms with E-state index in [0.717, 1.165) is 5.56 Å². The van der Waals surface area contributed by atoms with Crippen molar-refractivity contribution in [3.05, 3.63) is 89.6 Å². The summed E-state index contributed by atoms with van der Waals surface area (Å²) in [7, 11) is 0. The molecular formula is C26H23ClN8O3. The Morgan fingerprint density at radius 2 is 2.11 bits per heavy atom. The van der Waals surface area contributed by atoms with E-state index >= 15 is 0 Å². The van der Waals surface area contributed by atoms with E-state index in [0.29, 0.717) is 46.3 Å². The Kier molecular flexibility index (Phi) is 7.55. The molecule has 2 aromatic carbocycles. The first-order valence-electron chi connectivity index (χ1n) is 11.8. The first-order chi connectivity index (χ1) is 18.6. The number of carbonyl (C=O) groups is 2. The van der Waals surface area contributed by atoms with Crippen LogP contribution in [0.1, 0.15) is 30.3 Å². The molecule has 38 heavy (non-hydrogen) atoms. The average molecular weight is 531 g/mol. The second-order valence-electron chi connectivity index (χ2n) is 8.34. The summed E-state index contributed by atoms with van der Waals surface area (Å²) in [6.07, 6.45) is 10.6. The molecule has 1 aliphatic rings. The Morgan fingerprint density at radius 3 is 2.97 bits per heavy atom. The second kappa shape index (κ2) is 11.5. The van der Waals surface area contributed by atoms with E-state index in [9.17, 15) is 9.59 Å². The number of carbonyl (C=O) groups excluding carboxylic acids is 2. The fraction of sp³-hybridized carbons (Fsp3) is 0.154. The van der Waals surface area contributed by atoms with E-state index in [1.54, 1.807) is 42.6 Å². The molecule has 0 aliphatic carbocycles. The van der Waals surface area contributed by atoms with E-state index < -0.39 is 12.1 Å². The number of nitrogens with one attached hydrogen (secondary N) is 3. The quantitative estimate of drug-likeness (QED) is 0.261. The van der Waals surface area contributed by atoms with Crippen LogP contribution in [0, 0.1) is 0 Å². The molecular weight excluding hydrogens is 508 g/mol. The topological polar surface area (TPSA) is 140 Å². The van der Waals surface area contributed by atoms with Crippen molar-refractivity contribution in [3.63, 3.8) is 0 Å². The Hall–Kier alpha value is -4.77. The third-order valence-corrected chi connectivity index (χ3v) is 6.02. The van der Waals surface area contributed by atoms with Gasteiger partial charge in [-0.15, -0.1) is 5.10 Å². The summed E-state index contributed by atoms with van der Waals surface area (Å²) in [5.41, 5.74) is 3.27. The highest BCUT2D eigenvalue weighted by atomic mass is 35.5. The number of ether oxygens (including phenoxy) is 1. The van der Waals surface area contributed by atoms with Gasteiger partial charge in [0.1, 0.15) is 18.8 Å². The molecule has 5 rings (SSSR count). The zero-order valence-corrected chi connectivity index (χ0v) is 20.8. The van der Waals surface area contributed by atoms with E-state index in [4.69, 9.17) is 21.3 Å². The monoisotopic (exact) mass is 530 g/mol. The molecule has 0 spiro atoms. The van der Waals surface area contributed by atoms with Gasteiger partial charge in [0.15, 0.2) is 0 Å². The summed E-state index contributed by atoms with van der Waals surface area (Å²) in [5, 5.41) is 17.5. The Bertz CT molecular complexity index is 1500. The number of para-hydroxylation sites is 1. The number of amides is 2. The maximum absolute atomic E-state index is 13.0. The summed E-state index contributed by atoms with van der Waals surface area (Å²) in [5.74, 6) is 0.290. The summed E-state index contributed by atoms with van der Waals surface area (Å²) >= 11 is 6.18. The number of halogens is 1. The molecule has 2 amide bonds. The van der Waals surface area contributed by atoms with Crippen LogP contribution < -0.4 is 10.6 Å². The number of H-pyrrole nitrogens is 1. The minimum atomic E-state index is -0.546. The maximum atomic E-state index is 13.0. The largest absolute Gasteiger partial charge is 0.445 e. The van der Waals surface area contributed by atoms with Crippen LogP contribution in [-0.2, 0) is 9.53 Å². The maximum Gasteiger partial charge on any atom is 0.411 e. The number of aromatic amines is 1. The number of nitrogens with zero attached hydrogens (tertiary/aromatic N) is 5. The number of anilines is 1. The third kappa shape index (κ3) is 5.95. The Morgan fingerprint density at radius 1 is 1.21 bits per heavy atom. The highest BCUT2D eigenvalue weighted by molar-refractivity contribution is 6.30. The van der Waals surface area contributed by atoms with E-state index in [1.165, 1.54) is 17.1 Å². The third-order valence-electron chi connectivity index (χ3n) is 5.78. The van der Waals surface area contributed by atoms with Gasteiger partial charge in [-0.1, -0.05) is 42.0 Å². The predicted octanol–water partition coefficient (Wildman–Crippen LogP) is 4.48. The molecule has 3 heterocycles. The molecule has 0 saturated carbocycles. The van der Waals surface area contributed by atoms with Gasteiger partial charge in [0.2, 0.25) is 5.91 Å².